The zero-order valence-electron chi connectivity index (χ0n) is 11.6. The summed E-state index contributed by atoms with van der Waals surface area (Å²) in [7, 11) is 3.22. The molecule has 0 fully saturated rings. The fraction of sp³-hybridized carbons (Fsp3) is 0.133. The van der Waals surface area contributed by atoms with Crippen LogP contribution in [0.25, 0.3) is 11.0 Å². The van der Waals surface area contributed by atoms with E-state index in [2.05, 4.69) is 31.2 Å². The molecule has 0 spiro atoms. The molecule has 0 radical (unpaired) electrons. The number of halogens is 1. The minimum Gasteiger partial charge on any atom is -0.493 e. The fourth-order valence-electron chi connectivity index (χ4n) is 2.09. The van der Waals surface area contributed by atoms with Crippen LogP contribution in [-0.2, 0) is 0 Å². The van der Waals surface area contributed by atoms with Gasteiger partial charge in [-0.05, 0) is 30.3 Å². The number of aromatic nitrogens is 2. The first-order valence-electron chi connectivity index (χ1n) is 6.34. The van der Waals surface area contributed by atoms with Crippen LogP contribution in [0.2, 0.25) is 0 Å². The summed E-state index contributed by atoms with van der Waals surface area (Å²) in [6, 6.07) is 11.5. The Kier molecular flexibility index (Phi) is 3.70. The SMILES string of the molecule is COc1ccc(Nc2nc3ccc(Br)cc3[nH]2)cc1OC. The topological polar surface area (TPSA) is 59.2 Å². The summed E-state index contributed by atoms with van der Waals surface area (Å²) in [4.78, 5) is 7.71. The number of H-pyrrole nitrogens is 1. The third-order valence-electron chi connectivity index (χ3n) is 3.09. The van der Waals surface area contributed by atoms with E-state index in [1.807, 2.05) is 36.4 Å². The van der Waals surface area contributed by atoms with E-state index in [9.17, 15) is 0 Å². The maximum absolute atomic E-state index is 5.29. The normalized spacial score (nSPS) is 10.6. The van der Waals surface area contributed by atoms with Gasteiger partial charge in [0.05, 0.1) is 25.3 Å². The Hall–Kier alpha value is -2.21. The highest BCUT2D eigenvalue weighted by atomic mass is 79.9. The lowest BCUT2D eigenvalue weighted by atomic mass is 10.3. The van der Waals surface area contributed by atoms with Gasteiger partial charge in [0.15, 0.2) is 11.5 Å². The van der Waals surface area contributed by atoms with Crippen LogP contribution in [0.1, 0.15) is 0 Å². The van der Waals surface area contributed by atoms with Gasteiger partial charge in [0.2, 0.25) is 5.95 Å². The van der Waals surface area contributed by atoms with E-state index in [4.69, 9.17) is 9.47 Å². The molecule has 108 valence electrons. The monoisotopic (exact) mass is 347 g/mol. The van der Waals surface area contributed by atoms with Crippen molar-refractivity contribution in [3.8, 4) is 11.5 Å². The van der Waals surface area contributed by atoms with Crippen LogP contribution < -0.4 is 14.8 Å². The molecule has 0 aliphatic carbocycles. The van der Waals surface area contributed by atoms with E-state index >= 15 is 0 Å². The van der Waals surface area contributed by atoms with Crippen LogP contribution in [0.3, 0.4) is 0 Å². The minimum absolute atomic E-state index is 0.668. The number of nitrogens with one attached hydrogen (secondary N) is 2. The highest BCUT2D eigenvalue weighted by Crippen LogP contribution is 2.31. The number of imidazole rings is 1. The molecule has 0 saturated carbocycles. The number of ether oxygens (including phenoxy) is 2. The van der Waals surface area contributed by atoms with Gasteiger partial charge in [-0.1, -0.05) is 15.9 Å². The number of hydrogen-bond donors (Lipinski definition) is 2. The Bertz CT molecular complexity index is 786. The van der Waals surface area contributed by atoms with Gasteiger partial charge >= 0.3 is 0 Å². The Balaban J connectivity index is 1.91. The number of fused-ring (bicyclic) bond motifs is 1. The van der Waals surface area contributed by atoms with Crippen LogP contribution >= 0.6 is 15.9 Å². The third-order valence-corrected chi connectivity index (χ3v) is 3.58. The second-order valence-electron chi connectivity index (χ2n) is 4.44. The summed E-state index contributed by atoms with van der Waals surface area (Å²) in [5.74, 6) is 2.04. The number of aromatic amines is 1. The zero-order chi connectivity index (χ0) is 14.8. The zero-order valence-corrected chi connectivity index (χ0v) is 13.2. The lowest BCUT2D eigenvalue weighted by molar-refractivity contribution is 0.355. The first kappa shape index (κ1) is 13.8. The third kappa shape index (κ3) is 2.80. The molecule has 6 heteroatoms. The van der Waals surface area contributed by atoms with Crippen molar-refractivity contribution in [2.24, 2.45) is 0 Å². The van der Waals surface area contributed by atoms with Gasteiger partial charge in [0, 0.05) is 16.2 Å². The molecule has 0 aliphatic heterocycles. The van der Waals surface area contributed by atoms with E-state index in [0.29, 0.717) is 17.4 Å². The fourth-order valence-corrected chi connectivity index (χ4v) is 2.45. The van der Waals surface area contributed by atoms with E-state index in [1.165, 1.54) is 0 Å². The van der Waals surface area contributed by atoms with E-state index in [1.54, 1.807) is 14.2 Å². The van der Waals surface area contributed by atoms with Gasteiger partial charge in [-0.3, -0.25) is 0 Å². The molecule has 0 saturated heterocycles. The van der Waals surface area contributed by atoms with Crippen molar-refractivity contribution in [1.29, 1.82) is 0 Å². The smallest absolute Gasteiger partial charge is 0.205 e. The Morgan fingerprint density at radius 2 is 1.86 bits per heavy atom. The summed E-state index contributed by atoms with van der Waals surface area (Å²) < 4.78 is 11.5. The van der Waals surface area contributed by atoms with Crippen molar-refractivity contribution in [3.63, 3.8) is 0 Å². The molecule has 0 atom stereocenters. The molecular formula is C15H14BrN3O2. The summed E-state index contributed by atoms with van der Waals surface area (Å²) >= 11 is 3.44. The minimum atomic E-state index is 0.668. The van der Waals surface area contributed by atoms with Gasteiger partial charge in [-0.15, -0.1) is 0 Å². The number of hydrogen-bond acceptors (Lipinski definition) is 4. The molecule has 3 aromatic rings. The molecule has 1 heterocycles. The van der Waals surface area contributed by atoms with Crippen molar-refractivity contribution in [3.05, 3.63) is 40.9 Å². The van der Waals surface area contributed by atoms with Crippen LogP contribution in [0.5, 0.6) is 11.5 Å². The molecular weight excluding hydrogens is 334 g/mol. The van der Waals surface area contributed by atoms with Crippen LogP contribution in [-0.4, -0.2) is 24.2 Å². The van der Waals surface area contributed by atoms with Crippen molar-refractivity contribution >= 4 is 38.6 Å². The standard InChI is InChI=1S/C15H14BrN3O2/c1-20-13-6-4-10(8-14(13)21-2)17-15-18-11-5-3-9(16)7-12(11)19-15/h3-8H,1-2H3,(H2,17,18,19). The number of anilines is 2. The highest BCUT2D eigenvalue weighted by molar-refractivity contribution is 9.10. The van der Waals surface area contributed by atoms with Gasteiger partial charge < -0.3 is 19.8 Å². The lowest BCUT2D eigenvalue weighted by Gasteiger charge is -2.09. The summed E-state index contributed by atoms with van der Waals surface area (Å²) in [6.45, 7) is 0. The number of benzene rings is 2. The molecule has 1 aromatic heterocycles. The number of methoxy groups -OCH3 is 2. The van der Waals surface area contributed by atoms with Gasteiger partial charge in [0.25, 0.3) is 0 Å². The summed E-state index contributed by atoms with van der Waals surface area (Å²) in [6.07, 6.45) is 0. The predicted molar refractivity (Wildman–Crippen MR) is 86.6 cm³/mol. The van der Waals surface area contributed by atoms with Crippen LogP contribution in [0.4, 0.5) is 11.6 Å². The summed E-state index contributed by atoms with van der Waals surface area (Å²) in [5.41, 5.74) is 2.74. The molecule has 0 aliphatic rings. The van der Waals surface area contributed by atoms with Gasteiger partial charge in [-0.2, -0.15) is 0 Å². The van der Waals surface area contributed by atoms with E-state index in [0.717, 1.165) is 21.2 Å². The molecule has 2 N–H and O–H groups in total. The van der Waals surface area contributed by atoms with Crippen molar-refractivity contribution in [2.75, 3.05) is 19.5 Å². The van der Waals surface area contributed by atoms with Crippen molar-refractivity contribution < 1.29 is 9.47 Å². The molecule has 0 amide bonds. The molecule has 0 bridgehead atoms. The molecule has 5 nitrogen and oxygen atoms in total. The predicted octanol–water partition coefficient (Wildman–Crippen LogP) is 4.09. The number of nitrogens with zero attached hydrogens (tertiary/aromatic N) is 1. The van der Waals surface area contributed by atoms with Crippen molar-refractivity contribution in [2.45, 2.75) is 0 Å². The average Bonchev–Trinajstić information content (AvgIpc) is 2.88. The van der Waals surface area contributed by atoms with Crippen LogP contribution in [0.15, 0.2) is 40.9 Å². The Morgan fingerprint density at radius 1 is 1.05 bits per heavy atom. The van der Waals surface area contributed by atoms with E-state index < -0.39 is 0 Å². The Labute approximate surface area is 130 Å². The second kappa shape index (κ2) is 5.65. The van der Waals surface area contributed by atoms with E-state index in [-0.39, 0.29) is 0 Å². The second-order valence-corrected chi connectivity index (χ2v) is 5.36. The maximum Gasteiger partial charge on any atom is 0.205 e. The summed E-state index contributed by atoms with van der Waals surface area (Å²) in [5, 5.41) is 3.22. The Morgan fingerprint density at radius 3 is 2.62 bits per heavy atom. The average molecular weight is 348 g/mol. The molecule has 0 unspecified atom stereocenters. The molecule has 2 aromatic carbocycles. The highest BCUT2D eigenvalue weighted by Gasteiger charge is 2.07. The maximum atomic E-state index is 5.29. The van der Waals surface area contributed by atoms with Gasteiger partial charge in [-0.25, -0.2) is 4.98 Å². The first-order chi connectivity index (χ1) is 10.2. The van der Waals surface area contributed by atoms with Gasteiger partial charge in [0.1, 0.15) is 0 Å². The first-order valence-corrected chi connectivity index (χ1v) is 7.13. The quantitative estimate of drug-likeness (QED) is 0.746. The number of rotatable bonds is 4. The molecule has 21 heavy (non-hydrogen) atoms. The van der Waals surface area contributed by atoms with Crippen LogP contribution in [0, 0.1) is 0 Å². The van der Waals surface area contributed by atoms with Crippen molar-refractivity contribution in [1.82, 2.24) is 9.97 Å². The largest absolute Gasteiger partial charge is 0.493 e. The molecule has 3 rings (SSSR count). The lowest BCUT2D eigenvalue weighted by Crippen LogP contribution is -1.95.